The second kappa shape index (κ2) is 9.49. The first-order valence-electron chi connectivity index (χ1n) is 12.2. The molecule has 3 unspecified atom stereocenters. The number of ether oxygens (including phenoxy) is 1. The Labute approximate surface area is 198 Å². The zero-order valence-corrected chi connectivity index (χ0v) is 19.0. The lowest BCUT2D eigenvalue weighted by molar-refractivity contribution is -0.144. The van der Waals surface area contributed by atoms with Gasteiger partial charge in [-0.15, -0.1) is 0 Å². The quantitative estimate of drug-likeness (QED) is 0.576. The maximum Gasteiger partial charge on any atom is 0.407 e. The third-order valence-corrected chi connectivity index (χ3v) is 7.40. The van der Waals surface area contributed by atoms with Gasteiger partial charge in [0.2, 0.25) is 5.91 Å². The second-order valence-electron chi connectivity index (χ2n) is 9.63. The van der Waals surface area contributed by atoms with Crippen LogP contribution in [0.1, 0.15) is 55.6 Å². The van der Waals surface area contributed by atoms with Crippen molar-refractivity contribution in [1.82, 2.24) is 10.6 Å². The Hall–Kier alpha value is -3.35. The molecule has 0 heterocycles. The molecule has 3 aliphatic carbocycles. The zero-order valence-electron chi connectivity index (χ0n) is 19.0. The monoisotopic (exact) mass is 462 g/mol. The van der Waals surface area contributed by atoms with E-state index in [-0.39, 0.29) is 24.3 Å². The van der Waals surface area contributed by atoms with Crippen molar-refractivity contribution in [3.63, 3.8) is 0 Å². The van der Waals surface area contributed by atoms with Crippen molar-refractivity contribution < 1.29 is 24.2 Å². The largest absolute Gasteiger partial charge is 0.481 e. The number of amides is 2. The van der Waals surface area contributed by atoms with Gasteiger partial charge in [-0.3, -0.25) is 9.59 Å². The molecule has 3 atom stereocenters. The van der Waals surface area contributed by atoms with Gasteiger partial charge in [0.15, 0.2) is 0 Å². The Morgan fingerprint density at radius 2 is 1.53 bits per heavy atom. The zero-order chi connectivity index (χ0) is 23.7. The Morgan fingerprint density at radius 1 is 0.912 bits per heavy atom. The van der Waals surface area contributed by atoms with Crippen LogP contribution in [0, 0.1) is 11.8 Å². The van der Waals surface area contributed by atoms with Gasteiger partial charge in [-0.2, -0.15) is 0 Å². The molecule has 0 radical (unpaired) electrons. The van der Waals surface area contributed by atoms with Gasteiger partial charge in [0.05, 0.1) is 5.92 Å². The van der Waals surface area contributed by atoms with E-state index in [4.69, 9.17) is 4.74 Å². The summed E-state index contributed by atoms with van der Waals surface area (Å²) in [5, 5.41) is 15.2. The van der Waals surface area contributed by atoms with Crippen molar-refractivity contribution in [3.05, 3.63) is 59.7 Å². The van der Waals surface area contributed by atoms with Gasteiger partial charge in [0, 0.05) is 12.0 Å². The fourth-order valence-corrected chi connectivity index (χ4v) is 5.47. The predicted octanol–water partition coefficient (Wildman–Crippen LogP) is 4.06. The van der Waals surface area contributed by atoms with Gasteiger partial charge in [0.25, 0.3) is 0 Å². The van der Waals surface area contributed by atoms with E-state index in [1.54, 1.807) is 0 Å². The van der Waals surface area contributed by atoms with Gasteiger partial charge < -0.3 is 20.5 Å². The Kier molecular flexibility index (Phi) is 6.26. The summed E-state index contributed by atoms with van der Waals surface area (Å²) in [6.07, 6.45) is 4.05. The molecule has 3 aliphatic rings. The average Bonchev–Trinajstić information content (AvgIpc) is 3.64. The summed E-state index contributed by atoms with van der Waals surface area (Å²) in [5.41, 5.74) is 4.57. The van der Waals surface area contributed by atoms with Crippen LogP contribution in [-0.4, -0.2) is 41.8 Å². The van der Waals surface area contributed by atoms with E-state index >= 15 is 0 Å². The average molecular weight is 463 g/mol. The Bertz CT molecular complexity index is 1050. The predicted molar refractivity (Wildman–Crippen MR) is 126 cm³/mol. The number of carbonyl (C=O) groups excluding carboxylic acids is 2. The van der Waals surface area contributed by atoms with Crippen molar-refractivity contribution in [2.75, 3.05) is 6.61 Å². The molecule has 0 aromatic heterocycles. The van der Waals surface area contributed by atoms with Gasteiger partial charge >= 0.3 is 12.1 Å². The summed E-state index contributed by atoms with van der Waals surface area (Å²) >= 11 is 0. The minimum Gasteiger partial charge on any atom is -0.481 e. The Balaban J connectivity index is 1.22. The van der Waals surface area contributed by atoms with Gasteiger partial charge in [0.1, 0.15) is 12.6 Å². The fourth-order valence-electron chi connectivity index (χ4n) is 5.47. The van der Waals surface area contributed by atoms with E-state index in [2.05, 4.69) is 34.9 Å². The van der Waals surface area contributed by atoms with Crippen LogP contribution in [0.4, 0.5) is 4.79 Å². The van der Waals surface area contributed by atoms with E-state index in [9.17, 15) is 19.5 Å². The molecular formula is C27H30N2O5. The molecule has 5 rings (SSSR count). The molecule has 0 aliphatic heterocycles. The van der Waals surface area contributed by atoms with Crippen LogP contribution < -0.4 is 10.6 Å². The lowest BCUT2D eigenvalue weighted by Gasteiger charge is -2.30. The van der Waals surface area contributed by atoms with Crippen molar-refractivity contribution in [1.29, 1.82) is 0 Å². The summed E-state index contributed by atoms with van der Waals surface area (Å²) < 4.78 is 5.62. The van der Waals surface area contributed by atoms with Crippen LogP contribution in [0.25, 0.3) is 11.1 Å². The number of aliphatic carboxylic acids is 1. The number of hydrogen-bond acceptors (Lipinski definition) is 4. The third-order valence-electron chi connectivity index (χ3n) is 7.40. The van der Waals surface area contributed by atoms with Gasteiger partial charge in [-0.05, 0) is 53.9 Å². The van der Waals surface area contributed by atoms with E-state index < -0.39 is 30.1 Å². The number of rotatable bonds is 7. The van der Waals surface area contributed by atoms with Crippen LogP contribution in [0.15, 0.2) is 48.5 Å². The van der Waals surface area contributed by atoms with Crippen molar-refractivity contribution in [2.45, 2.75) is 56.5 Å². The third kappa shape index (κ3) is 4.52. The first-order chi connectivity index (χ1) is 16.5. The molecule has 0 bridgehead atoms. The van der Waals surface area contributed by atoms with Crippen LogP contribution in [0.5, 0.6) is 0 Å². The molecule has 7 nitrogen and oxygen atoms in total. The van der Waals surface area contributed by atoms with Crippen LogP contribution >= 0.6 is 0 Å². The SMILES string of the molecule is O=C(NC(C(=O)NC1CCCCC1C(=O)O)C1CC1)OCC1c2ccccc2-c2ccccc21. The maximum atomic E-state index is 13.0. The van der Waals surface area contributed by atoms with Crippen LogP contribution in [-0.2, 0) is 14.3 Å². The van der Waals surface area contributed by atoms with E-state index in [1.165, 1.54) is 0 Å². The first kappa shape index (κ1) is 22.4. The number of alkyl carbamates (subject to hydrolysis) is 1. The molecule has 2 saturated carbocycles. The molecule has 2 aromatic carbocycles. The highest BCUT2D eigenvalue weighted by molar-refractivity contribution is 5.87. The molecule has 3 N–H and O–H groups in total. The van der Waals surface area contributed by atoms with Crippen LogP contribution in [0.2, 0.25) is 0 Å². The van der Waals surface area contributed by atoms with Crippen molar-refractivity contribution >= 4 is 18.0 Å². The molecule has 34 heavy (non-hydrogen) atoms. The summed E-state index contributed by atoms with van der Waals surface area (Å²) in [5.74, 6) is -1.75. The minimum absolute atomic E-state index is 0.0510. The molecule has 0 saturated heterocycles. The normalized spacial score (nSPS) is 22.2. The van der Waals surface area contributed by atoms with E-state index in [0.717, 1.165) is 47.9 Å². The first-order valence-corrected chi connectivity index (χ1v) is 12.2. The minimum atomic E-state index is -0.877. The molecule has 2 amide bonds. The number of nitrogens with one attached hydrogen (secondary N) is 2. The highest BCUT2D eigenvalue weighted by Gasteiger charge is 2.40. The van der Waals surface area contributed by atoms with E-state index in [0.29, 0.717) is 12.8 Å². The summed E-state index contributed by atoms with van der Waals surface area (Å²) in [6, 6.07) is 15.2. The maximum absolute atomic E-state index is 13.0. The van der Waals surface area contributed by atoms with E-state index in [1.807, 2.05) is 24.3 Å². The smallest absolute Gasteiger partial charge is 0.407 e. The molecule has 178 valence electrons. The highest BCUT2D eigenvalue weighted by Crippen LogP contribution is 2.44. The summed E-state index contributed by atoms with van der Waals surface area (Å²) in [7, 11) is 0. The topological polar surface area (TPSA) is 105 Å². The Morgan fingerprint density at radius 3 is 2.15 bits per heavy atom. The van der Waals surface area contributed by atoms with Crippen molar-refractivity contribution in [3.8, 4) is 11.1 Å². The number of carbonyl (C=O) groups is 3. The fraction of sp³-hybridized carbons (Fsp3) is 0.444. The number of fused-ring (bicyclic) bond motifs is 3. The molecule has 7 heteroatoms. The molecule has 2 aromatic rings. The van der Waals surface area contributed by atoms with Gasteiger partial charge in [-0.25, -0.2) is 4.79 Å². The lowest BCUT2D eigenvalue weighted by atomic mass is 9.84. The highest BCUT2D eigenvalue weighted by atomic mass is 16.5. The number of benzene rings is 2. The van der Waals surface area contributed by atoms with Crippen LogP contribution in [0.3, 0.4) is 0 Å². The molecule has 2 fully saturated rings. The van der Waals surface area contributed by atoms with Crippen molar-refractivity contribution in [2.24, 2.45) is 11.8 Å². The lowest BCUT2D eigenvalue weighted by Crippen LogP contribution is -2.54. The summed E-state index contributed by atoms with van der Waals surface area (Å²) in [4.78, 5) is 37.3. The number of carboxylic acids is 1. The number of hydrogen-bond donors (Lipinski definition) is 3. The molecular weight excluding hydrogens is 432 g/mol. The molecule has 0 spiro atoms. The van der Waals surface area contributed by atoms with Gasteiger partial charge in [-0.1, -0.05) is 61.4 Å². The number of carboxylic acid groups (broad SMARTS) is 1. The second-order valence-corrected chi connectivity index (χ2v) is 9.63. The summed E-state index contributed by atoms with van der Waals surface area (Å²) in [6.45, 7) is 0.183. The standard InChI is InChI=1S/C27H30N2O5/c30-25(28-23-12-6-5-11-21(23)26(31)32)24(16-13-14-16)29-27(33)34-15-22-19-9-3-1-7-17(19)18-8-2-4-10-20(18)22/h1-4,7-10,16,21-24H,5-6,11-15H2,(H,28,30)(H,29,33)(H,31,32).